The van der Waals surface area contributed by atoms with Crippen LogP contribution in [0.4, 0.5) is 5.69 Å². The third kappa shape index (κ3) is 3.33. The molecule has 0 fully saturated rings. The molecular formula is C16H18N4OS. The summed E-state index contributed by atoms with van der Waals surface area (Å²) in [5.74, 6) is 0. The normalized spacial score (nSPS) is 11.8. The van der Waals surface area contributed by atoms with Crippen LogP contribution in [0.15, 0.2) is 47.1 Å². The minimum atomic E-state index is -2.17. The number of para-hydroxylation sites is 1. The van der Waals surface area contributed by atoms with Crippen LogP contribution in [-0.2, 0) is 16.3 Å². The Morgan fingerprint density at radius 2 is 2.05 bits per heavy atom. The third-order valence-corrected chi connectivity index (χ3v) is 3.86. The highest BCUT2D eigenvalue weighted by atomic mass is 32.2. The molecule has 6 heteroatoms. The summed E-state index contributed by atoms with van der Waals surface area (Å²) in [5.41, 5.74) is 3.77. The van der Waals surface area contributed by atoms with Gasteiger partial charge in [-0.05, 0) is 24.6 Å². The van der Waals surface area contributed by atoms with Gasteiger partial charge in [0.25, 0.3) is 0 Å². The number of rotatable bonds is 3. The van der Waals surface area contributed by atoms with E-state index in [1.165, 1.54) is 0 Å². The van der Waals surface area contributed by atoms with Gasteiger partial charge in [-0.2, -0.15) is 9.46 Å². The standard InChI is InChI=1S/C16H18N4OS/c1-12-8-13(15-6-4-5-7-16(15)18-12)10-20-11-14(9-17-20)19-22(2,3)21/h4-9,11H,10H2,1-3H3. The highest BCUT2D eigenvalue weighted by Crippen LogP contribution is 2.20. The molecule has 0 saturated heterocycles. The van der Waals surface area contributed by atoms with Crippen LogP contribution in [-0.4, -0.2) is 31.5 Å². The molecule has 0 saturated carbocycles. The van der Waals surface area contributed by atoms with Crippen molar-refractivity contribution < 1.29 is 4.21 Å². The van der Waals surface area contributed by atoms with E-state index in [0.717, 1.165) is 22.2 Å². The summed E-state index contributed by atoms with van der Waals surface area (Å²) in [6.45, 7) is 2.62. The van der Waals surface area contributed by atoms with Crippen molar-refractivity contribution in [3.05, 3.63) is 54.0 Å². The van der Waals surface area contributed by atoms with E-state index >= 15 is 0 Å². The van der Waals surface area contributed by atoms with Gasteiger partial charge in [-0.1, -0.05) is 18.2 Å². The number of benzene rings is 1. The molecule has 0 N–H and O–H groups in total. The van der Waals surface area contributed by atoms with Crippen molar-refractivity contribution >= 4 is 26.3 Å². The van der Waals surface area contributed by atoms with Crippen molar-refractivity contribution in [3.8, 4) is 0 Å². The molecule has 114 valence electrons. The lowest BCUT2D eigenvalue weighted by atomic mass is 10.1. The average molecular weight is 314 g/mol. The van der Waals surface area contributed by atoms with Crippen LogP contribution in [0.2, 0.25) is 0 Å². The van der Waals surface area contributed by atoms with Crippen molar-refractivity contribution in [3.63, 3.8) is 0 Å². The number of hydrogen-bond acceptors (Lipinski definition) is 4. The van der Waals surface area contributed by atoms with Gasteiger partial charge in [-0.25, -0.2) is 4.21 Å². The first-order valence-corrected chi connectivity index (χ1v) is 9.29. The lowest BCUT2D eigenvalue weighted by Crippen LogP contribution is -2.02. The Kier molecular flexibility index (Phi) is 3.70. The van der Waals surface area contributed by atoms with E-state index in [9.17, 15) is 4.21 Å². The number of aryl methyl sites for hydroxylation is 1. The summed E-state index contributed by atoms with van der Waals surface area (Å²) in [5, 5.41) is 5.43. The number of aromatic nitrogens is 3. The Balaban J connectivity index is 1.99. The third-order valence-electron chi connectivity index (χ3n) is 3.21. The van der Waals surface area contributed by atoms with E-state index in [0.29, 0.717) is 12.2 Å². The predicted octanol–water partition coefficient (Wildman–Crippen LogP) is 3.15. The number of nitrogens with zero attached hydrogens (tertiary/aromatic N) is 4. The highest BCUT2D eigenvalue weighted by Gasteiger charge is 2.06. The molecule has 0 aliphatic heterocycles. The van der Waals surface area contributed by atoms with Crippen LogP contribution in [0.25, 0.3) is 10.9 Å². The fourth-order valence-corrected chi connectivity index (χ4v) is 3.04. The number of pyridine rings is 1. The lowest BCUT2D eigenvalue weighted by molar-refractivity contribution is 0.684. The number of fused-ring (bicyclic) bond motifs is 1. The Bertz CT molecular complexity index is 944. The minimum absolute atomic E-state index is 0.633. The van der Waals surface area contributed by atoms with E-state index in [4.69, 9.17) is 0 Å². The van der Waals surface area contributed by atoms with Crippen LogP contribution in [0.5, 0.6) is 0 Å². The second-order valence-corrected chi connectivity index (χ2v) is 8.15. The maximum absolute atomic E-state index is 11.7. The molecule has 0 unspecified atom stereocenters. The topological polar surface area (TPSA) is 60.1 Å². The first-order chi connectivity index (χ1) is 10.4. The smallest absolute Gasteiger partial charge is 0.111 e. The largest absolute Gasteiger partial charge is 0.266 e. The van der Waals surface area contributed by atoms with Gasteiger partial charge in [0.2, 0.25) is 0 Å². The summed E-state index contributed by atoms with van der Waals surface area (Å²) in [6.07, 6.45) is 6.69. The molecular weight excluding hydrogens is 296 g/mol. The van der Waals surface area contributed by atoms with Gasteiger partial charge < -0.3 is 0 Å². The van der Waals surface area contributed by atoms with Gasteiger partial charge in [-0.3, -0.25) is 9.67 Å². The number of hydrogen-bond donors (Lipinski definition) is 0. The summed E-state index contributed by atoms with van der Waals surface area (Å²) < 4.78 is 17.7. The van der Waals surface area contributed by atoms with Crippen LogP contribution in [0.3, 0.4) is 0 Å². The van der Waals surface area contributed by atoms with Crippen molar-refractivity contribution in [2.75, 3.05) is 12.5 Å². The quantitative estimate of drug-likeness (QED) is 0.746. The molecule has 2 aromatic heterocycles. The molecule has 0 radical (unpaired) electrons. The Hall–Kier alpha value is -2.21. The fourth-order valence-electron chi connectivity index (χ4n) is 2.44. The van der Waals surface area contributed by atoms with Gasteiger partial charge in [0.05, 0.1) is 24.5 Å². The van der Waals surface area contributed by atoms with Crippen molar-refractivity contribution in [2.45, 2.75) is 13.5 Å². The lowest BCUT2D eigenvalue weighted by Gasteiger charge is -2.08. The highest BCUT2D eigenvalue weighted by molar-refractivity contribution is 7.92. The first-order valence-electron chi connectivity index (χ1n) is 6.95. The molecule has 0 amide bonds. The van der Waals surface area contributed by atoms with E-state index < -0.39 is 9.73 Å². The van der Waals surface area contributed by atoms with Crippen LogP contribution >= 0.6 is 0 Å². The average Bonchev–Trinajstić information content (AvgIpc) is 2.83. The molecule has 3 aromatic rings. The maximum Gasteiger partial charge on any atom is 0.111 e. The molecule has 3 rings (SSSR count). The van der Waals surface area contributed by atoms with E-state index in [1.54, 1.807) is 18.7 Å². The van der Waals surface area contributed by atoms with Gasteiger partial charge in [0.1, 0.15) is 5.69 Å². The SMILES string of the molecule is Cc1cc(Cn2cc(N=S(C)(C)=O)cn2)c2ccccc2n1. The van der Waals surface area contributed by atoms with Gasteiger partial charge in [-0.15, -0.1) is 0 Å². The molecule has 0 aliphatic rings. The zero-order valence-electron chi connectivity index (χ0n) is 12.9. The van der Waals surface area contributed by atoms with E-state index in [-0.39, 0.29) is 0 Å². The molecule has 0 aliphatic carbocycles. The maximum atomic E-state index is 11.7. The zero-order chi connectivity index (χ0) is 15.7. The molecule has 0 atom stereocenters. The monoisotopic (exact) mass is 314 g/mol. The van der Waals surface area contributed by atoms with Crippen LogP contribution in [0.1, 0.15) is 11.3 Å². The second-order valence-electron chi connectivity index (χ2n) is 5.61. The minimum Gasteiger partial charge on any atom is -0.266 e. The molecule has 5 nitrogen and oxygen atoms in total. The second kappa shape index (κ2) is 5.53. The summed E-state index contributed by atoms with van der Waals surface area (Å²) in [6, 6.07) is 10.2. The summed E-state index contributed by atoms with van der Waals surface area (Å²) in [4.78, 5) is 4.55. The van der Waals surface area contributed by atoms with Gasteiger partial charge in [0.15, 0.2) is 0 Å². The molecule has 22 heavy (non-hydrogen) atoms. The Labute approximate surface area is 130 Å². The molecule has 0 bridgehead atoms. The van der Waals surface area contributed by atoms with Gasteiger partial charge in [0, 0.05) is 33.3 Å². The zero-order valence-corrected chi connectivity index (χ0v) is 13.7. The summed E-state index contributed by atoms with van der Waals surface area (Å²) >= 11 is 0. The predicted molar refractivity (Wildman–Crippen MR) is 89.9 cm³/mol. The van der Waals surface area contributed by atoms with E-state index in [1.807, 2.05) is 36.0 Å². The molecule has 0 spiro atoms. The van der Waals surface area contributed by atoms with E-state index in [2.05, 4.69) is 26.6 Å². The van der Waals surface area contributed by atoms with Crippen LogP contribution < -0.4 is 0 Å². The van der Waals surface area contributed by atoms with Crippen LogP contribution in [0, 0.1) is 6.92 Å². The van der Waals surface area contributed by atoms with Crippen molar-refractivity contribution in [1.82, 2.24) is 14.8 Å². The van der Waals surface area contributed by atoms with Crippen molar-refractivity contribution in [2.24, 2.45) is 4.36 Å². The Morgan fingerprint density at radius 3 is 2.82 bits per heavy atom. The first kappa shape index (κ1) is 14.7. The fraction of sp³-hybridized carbons (Fsp3) is 0.250. The molecule has 2 heterocycles. The van der Waals surface area contributed by atoms with Crippen molar-refractivity contribution in [1.29, 1.82) is 0 Å². The Morgan fingerprint density at radius 1 is 1.27 bits per heavy atom. The van der Waals surface area contributed by atoms with Gasteiger partial charge >= 0.3 is 0 Å². The summed E-state index contributed by atoms with van der Waals surface area (Å²) in [7, 11) is -2.17. The molecule has 1 aromatic carbocycles.